The maximum Gasteiger partial charge on any atom is 0.334 e. The van der Waals surface area contributed by atoms with Crippen LogP contribution in [0.25, 0.3) is 0 Å². The molecule has 1 N–H and O–H groups in total. The third-order valence-electron chi connectivity index (χ3n) is 2.44. The van der Waals surface area contributed by atoms with Crippen LogP contribution in [0.5, 0.6) is 0 Å². The van der Waals surface area contributed by atoms with Crippen molar-refractivity contribution in [2.75, 3.05) is 19.8 Å². The highest BCUT2D eigenvalue weighted by Gasteiger charge is 2.29. The summed E-state index contributed by atoms with van der Waals surface area (Å²) in [6.45, 7) is 9.23. The van der Waals surface area contributed by atoms with Crippen molar-refractivity contribution in [1.82, 2.24) is 5.32 Å². The molecule has 0 bridgehead atoms. The van der Waals surface area contributed by atoms with Crippen LogP contribution < -0.4 is 5.32 Å². The lowest BCUT2D eigenvalue weighted by molar-refractivity contribution is -0.127. The van der Waals surface area contributed by atoms with E-state index in [4.69, 9.17) is 8.85 Å². The standard InChI is InChI=1S/C12H25NO4Si/c1-5-16-18(4,17-6-2)9-7-8-13-12(15)10-11(3)14/h5-10H2,1-4H3,(H,13,15). The van der Waals surface area contributed by atoms with Crippen LogP contribution in [0.4, 0.5) is 0 Å². The Balaban J connectivity index is 3.86. The van der Waals surface area contributed by atoms with Gasteiger partial charge in [0.05, 0.1) is 6.42 Å². The van der Waals surface area contributed by atoms with Crippen LogP contribution in [-0.4, -0.2) is 40.0 Å². The topological polar surface area (TPSA) is 64.6 Å². The van der Waals surface area contributed by atoms with Gasteiger partial charge >= 0.3 is 8.56 Å². The zero-order chi connectivity index (χ0) is 14.0. The van der Waals surface area contributed by atoms with Gasteiger partial charge in [-0.05, 0) is 39.8 Å². The fourth-order valence-corrected chi connectivity index (χ4v) is 4.13. The molecule has 0 aromatic rings. The van der Waals surface area contributed by atoms with Gasteiger partial charge in [0.1, 0.15) is 5.78 Å². The van der Waals surface area contributed by atoms with Gasteiger partial charge in [-0.25, -0.2) is 0 Å². The van der Waals surface area contributed by atoms with Gasteiger partial charge in [-0.15, -0.1) is 0 Å². The largest absolute Gasteiger partial charge is 0.395 e. The van der Waals surface area contributed by atoms with Crippen LogP contribution in [0, 0.1) is 0 Å². The summed E-state index contributed by atoms with van der Waals surface area (Å²) in [7, 11) is -2.07. The van der Waals surface area contributed by atoms with Gasteiger partial charge in [0.25, 0.3) is 0 Å². The lowest BCUT2D eigenvalue weighted by atomic mass is 10.3. The van der Waals surface area contributed by atoms with Crippen LogP contribution in [-0.2, 0) is 18.4 Å². The smallest absolute Gasteiger partial charge is 0.334 e. The van der Waals surface area contributed by atoms with E-state index in [-0.39, 0.29) is 18.1 Å². The molecule has 0 saturated carbocycles. The molecule has 0 aliphatic heterocycles. The van der Waals surface area contributed by atoms with Crippen LogP contribution in [0.15, 0.2) is 0 Å². The predicted molar refractivity (Wildman–Crippen MR) is 72.6 cm³/mol. The molecule has 0 heterocycles. The molecule has 0 saturated heterocycles. The van der Waals surface area contributed by atoms with E-state index >= 15 is 0 Å². The van der Waals surface area contributed by atoms with E-state index in [1.54, 1.807) is 0 Å². The number of rotatable bonds is 10. The zero-order valence-corrected chi connectivity index (χ0v) is 12.9. The summed E-state index contributed by atoms with van der Waals surface area (Å²) in [6.07, 6.45) is 0.776. The maximum absolute atomic E-state index is 11.2. The third-order valence-corrected chi connectivity index (χ3v) is 5.50. The summed E-state index contributed by atoms with van der Waals surface area (Å²) < 4.78 is 11.4. The molecule has 1 amide bonds. The first-order valence-electron chi connectivity index (χ1n) is 6.47. The third kappa shape index (κ3) is 8.38. The molecule has 0 spiro atoms. The molecule has 0 aliphatic rings. The summed E-state index contributed by atoms with van der Waals surface area (Å²) in [5.41, 5.74) is 0. The second kappa shape index (κ2) is 9.24. The Kier molecular flexibility index (Phi) is 8.87. The van der Waals surface area contributed by atoms with Crippen molar-refractivity contribution in [3.63, 3.8) is 0 Å². The number of Topliss-reactive ketones (excluding diaryl/α,β-unsaturated/α-hetero) is 1. The highest BCUT2D eigenvalue weighted by Crippen LogP contribution is 2.15. The molecule has 0 atom stereocenters. The van der Waals surface area contributed by atoms with Gasteiger partial charge in [0, 0.05) is 19.8 Å². The van der Waals surface area contributed by atoms with Gasteiger partial charge < -0.3 is 14.2 Å². The highest BCUT2D eigenvalue weighted by atomic mass is 28.4. The Morgan fingerprint density at radius 1 is 1.17 bits per heavy atom. The van der Waals surface area contributed by atoms with E-state index in [2.05, 4.69) is 5.32 Å². The molecule has 6 heteroatoms. The summed E-state index contributed by atoms with van der Waals surface area (Å²) in [5, 5.41) is 2.72. The SMILES string of the molecule is CCO[Si](C)(CCCNC(=O)CC(C)=O)OCC. The maximum atomic E-state index is 11.2. The Bertz CT molecular complexity index is 265. The number of hydrogen-bond acceptors (Lipinski definition) is 4. The van der Waals surface area contributed by atoms with Crippen molar-refractivity contribution in [3.8, 4) is 0 Å². The second-order valence-corrected chi connectivity index (χ2v) is 7.68. The minimum Gasteiger partial charge on any atom is -0.395 e. The van der Waals surface area contributed by atoms with E-state index in [0.29, 0.717) is 19.8 Å². The monoisotopic (exact) mass is 275 g/mol. The molecular weight excluding hydrogens is 250 g/mol. The molecule has 0 aromatic carbocycles. The van der Waals surface area contributed by atoms with Crippen molar-refractivity contribution in [2.24, 2.45) is 0 Å². The Morgan fingerprint density at radius 2 is 1.72 bits per heavy atom. The molecular formula is C12H25NO4Si. The molecule has 18 heavy (non-hydrogen) atoms. The Hall–Kier alpha value is -0.723. The minimum atomic E-state index is -2.07. The quantitative estimate of drug-likeness (QED) is 0.374. The summed E-state index contributed by atoms with van der Waals surface area (Å²) in [6, 6.07) is 0.842. The Labute approximate surface area is 110 Å². The number of amides is 1. The van der Waals surface area contributed by atoms with Gasteiger partial charge in [0.2, 0.25) is 5.91 Å². The summed E-state index contributed by atoms with van der Waals surface area (Å²) in [5.74, 6) is -0.325. The summed E-state index contributed by atoms with van der Waals surface area (Å²) in [4.78, 5) is 22.0. The number of ketones is 1. The van der Waals surface area contributed by atoms with E-state index in [0.717, 1.165) is 12.5 Å². The fraction of sp³-hybridized carbons (Fsp3) is 0.833. The van der Waals surface area contributed by atoms with Gasteiger partial charge in [-0.2, -0.15) is 0 Å². The molecule has 0 aromatic heterocycles. The zero-order valence-electron chi connectivity index (χ0n) is 11.9. The highest BCUT2D eigenvalue weighted by molar-refractivity contribution is 6.66. The van der Waals surface area contributed by atoms with E-state index in [1.807, 2.05) is 20.4 Å². The Morgan fingerprint density at radius 3 is 2.17 bits per heavy atom. The number of carbonyl (C=O) groups excluding carboxylic acids is 2. The first kappa shape index (κ1) is 17.3. The van der Waals surface area contributed by atoms with Gasteiger partial charge in [0.15, 0.2) is 0 Å². The minimum absolute atomic E-state index is 0.0361. The van der Waals surface area contributed by atoms with Crippen LogP contribution in [0.1, 0.15) is 33.6 Å². The lowest BCUT2D eigenvalue weighted by Gasteiger charge is -2.25. The first-order chi connectivity index (χ1) is 8.43. The van der Waals surface area contributed by atoms with Crippen molar-refractivity contribution < 1.29 is 18.4 Å². The van der Waals surface area contributed by atoms with Crippen molar-refractivity contribution in [3.05, 3.63) is 0 Å². The van der Waals surface area contributed by atoms with Gasteiger partial charge in [-0.1, -0.05) is 0 Å². The fourth-order valence-electron chi connectivity index (χ4n) is 1.72. The molecule has 0 aliphatic carbocycles. The average Bonchev–Trinajstić information content (AvgIpc) is 2.24. The van der Waals surface area contributed by atoms with Crippen molar-refractivity contribution >= 4 is 20.3 Å². The molecule has 0 fully saturated rings. The average molecular weight is 275 g/mol. The first-order valence-corrected chi connectivity index (χ1v) is 9.00. The number of hydrogen-bond donors (Lipinski definition) is 1. The van der Waals surface area contributed by atoms with Crippen molar-refractivity contribution in [1.29, 1.82) is 0 Å². The van der Waals surface area contributed by atoms with E-state index < -0.39 is 8.56 Å². The van der Waals surface area contributed by atoms with Gasteiger partial charge in [-0.3, -0.25) is 9.59 Å². The molecule has 106 valence electrons. The summed E-state index contributed by atoms with van der Waals surface area (Å²) >= 11 is 0. The number of carbonyl (C=O) groups is 2. The second-order valence-electron chi connectivity index (χ2n) is 4.33. The van der Waals surface area contributed by atoms with Crippen molar-refractivity contribution in [2.45, 2.75) is 46.2 Å². The van der Waals surface area contributed by atoms with Crippen LogP contribution in [0.3, 0.4) is 0 Å². The lowest BCUT2D eigenvalue weighted by Crippen LogP contribution is -2.39. The predicted octanol–water partition coefficient (Wildman–Crippen LogP) is 1.62. The van der Waals surface area contributed by atoms with Crippen LogP contribution in [0.2, 0.25) is 12.6 Å². The molecule has 0 radical (unpaired) electrons. The van der Waals surface area contributed by atoms with E-state index in [9.17, 15) is 9.59 Å². The van der Waals surface area contributed by atoms with E-state index in [1.165, 1.54) is 6.92 Å². The molecule has 0 rings (SSSR count). The normalized spacial score (nSPS) is 11.3. The molecule has 0 unspecified atom stereocenters. The van der Waals surface area contributed by atoms with Crippen LogP contribution >= 0.6 is 0 Å². The molecule has 5 nitrogen and oxygen atoms in total. The number of nitrogens with one attached hydrogen (secondary N) is 1.